The van der Waals surface area contributed by atoms with E-state index in [0.717, 1.165) is 18.5 Å². The van der Waals surface area contributed by atoms with Crippen molar-refractivity contribution in [1.29, 1.82) is 0 Å². The van der Waals surface area contributed by atoms with Gasteiger partial charge in [-0.1, -0.05) is 40.0 Å². The monoisotopic (exact) mass is 226 g/mol. The lowest BCUT2D eigenvalue weighted by Crippen LogP contribution is -2.44. The molecule has 0 saturated heterocycles. The van der Waals surface area contributed by atoms with Gasteiger partial charge in [0.25, 0.3) is 0 Å². The average Bonchev–Trinajstić information content (AvgIpc) is 3.05. The minimum absolute atomic E-state index is 0.640. The molecule has 0 aliphatic heterocycles. The van der Waals surface area contributed by atoms with Crippen LogP contribution in [-0.4, -0.2) is 30.1 Å². The standard InChI is InChI=1S/C14H30N2/c1-4-5-6-7-14(10-15)16(11-12(2)3)13-8-9-13/h12-14H,4-11,15H2,1-3H3. The van der Waals surface area contributed by atoms with E-state index in [1.807, 2.05) is 0 Å². The normalized spacial score (nSPS) is 18.4. The topological polar surface area (TPSA) is 29.3 Å². The fourth-order valence-electron chi connectivity index (χ4n) is 2.47. The van der Waals surface area contributed by atoms with Crippen molar-refractivity contribution in [3.05, 3.63) is 0 Å². The quantitative estimate of drug-likeness (QED) is 0.612. The molecule has 1 saturated carbocycles. The van der Waals surface area contributed by atoms with Gasteiger partial charge < -0.3 is 5.73 Å². The number of hydrogen-bond donors (Lipinski definition) is 1. The van der Waals surface area contributed by atoms with Crippen molar-refractivity contribution in [2.45, 2.75) is 71.4 Å². The number of nitrogens with two attached hydrogens (primary N) is 1. The smallest absolute Gasteiger partial charge is 0.0221 e. The highest BCUT2D eigenvalue weighted by Gasteiger charge is 2.33. The van der Waals surface area contributed by atoms with Crippen LogP contribution < -0.4 is 5.73 Å². The van der Waals surface area contributed by atoms with Crippen LogP contribution in [-0.2, 0) is 0 Å². The maximum Gasteiger partial charge on any atom is 0.0221 e. The van der Waals surface area contributed by atoms with Gasteiger partial charge in [-0.25, -0.2) is 0 Å². The molecule has 2 nitrogen and oxygen atoms in total. The fourth-order valence-corrected chi connectivity index (χ4v) is 2.47. The molecule has 0 heterocycles. The van der Waals surface area contributed by atoms with Crippen LogP contribution in [0.4, 0.5) is 0 Å². The summed E-state index contributed by atoms with van der Waals surface area (Å²) in [5, 5.41) is 0. The molecule has 0 amide bonds. The molecule has 0 aromatic heterocycles. The van der Waals surface area contributed by atoms with E-state index in [-0.39, 0.29) is 0 Å². The number of rotatable bonds is 9. The zero-order chi connectivity index (χ0) is 12.0. The van der Waals surface area contributed by atoms with Crippen molar-refractivity contribution >= 4 is 0 Å². The van der Waals surface area contributed by atoms with Gasteiger partial charge in [-0.15, -0.1) is 0 Å². The SMILES string of the molecule is CCCCCC(CN)N(CC(C)C)C1CC1. The van der Waals surface area contributed by atoms with Crippen LogP contribution in [0, 0.1) is 5.92 Å². The molecule has 0 aromatic rings. The number of unbranched alkanes of at least 4 members (excludes halogenated alkanes) is 2. The van der Waals surface area contributed by atoms with Crippen LogP contribution in [0.2, 0.25) is 0 Å². The van der Waals surface area contributed by atoms with Gasteiger partial charge in [0.2, 0.25) is 0 Å². The lowest BCUT2D eigenvalue weighted by atomic mass is 10.0. The molecule has 1 atom stereocenters. The van der Waals surface area contributed by atoms with E-state index in [9.17, 15) is 0 Å². The summed E-state index contributed by atoms with van der Waals surface area (Å²) in [7, 11) is 0. The van der Waals surface area contributed by atoms with Crippen molar-refractivity contribution in [2.75, 3.05) is 13.1 Å². The van der Waals surface area contributed by atoms with Crippen molar-refractivity contribution in [3.8, 4) is 0 Å². The van der Waals surface area contributed by atoms with Crippen LogP contribution in [0.1, 0.15) is 59.3 Å². The molecule has 0 spiro atoms. The maximum absolute atomic E-state index is 5.96. The third-order valence-electron chi connectivity index (χ3n) is 3.47. The van der Waals surface area contributed by atoms with E-state index in [1.165, 1.54) is 45.1 Å². The Kier molecular flexibility index (Phi) is 6.37. The van der Waals surface area contributed by atoms with Gasteiger partial charge in [-0.2, -0.15) is 0 Å². The minimum atomic E-state index is 0.640. The largest absolute Gasteiger partial charge is 0.329 e. The van der Waals surface area contributed by atoms with E-state index in [1.54, 1.807) is 0 Å². The summed E-state index contributed by atoms with van der Waals surface area (Å²) < 4.78 is 0. The predicted molar refractivity (Wildman–Crippen MR) is 71.6 cm³/mol. The molecular formula is C14H30N2. The second-order valence-electron chi connectivity index (χ2n) is 5.71. The Morgan fingerprint density at radius 1 is 1.25 bits per heavy atom. The Morgan fingerprint density at radius 3 is 2.38 bits per heavy atom. The van der Waals surface area contributed by atoms with Crippen LogP contribution in [0.5, 0.6) is 0 Å². The second-order valence-corrected chi connectivity index (χ2v) is 5.71. The first kappa shape index (κ1) is 14.0. The van der Waals surface area contributed by atoms with Crippen molar-refractivity contribution in [2.24, 2.45) is 11.7 Å². The van der Waals surface area contributed by atoms with Crippen LogP contribution in [0.15, 0.2) is 0 Å². The lowest BCUT2D eigenvalue weighted by molar-refractivity contribution is 0.158. The summed E-state index contributed by atoms with van der Waals surface area (Å²) in [6.07, 6.45) is 8.11. The number of hydrogen-bond acceptors (Lipinski definition) is 2. The Balaban J connectivity index is 2.38. The summed E-state index contributed by atoms with van der Waals surface area (Å²) in [4.78, 5) is 2.69. The molecular weight excluding hydrogens is 196 g/mol. The molecule has 1 rings (SSSR count). The zero-order valence-electron chi connectivity index (χ0n) is 11.4. The summed E-state index contributed by atoms with van der Waals surface area (Å²) in [5.74, 6) is 0.765. The molecule has 0 aromatic carbocycles. The van der Waals surface area contributed by atoms with Gasteiger partial charge >= 0.3 is 0 Å². The van der Waals surface area contributed by atoms with Gasteiger partial charge in [0.15, 0.2) is 0 Å². The highest BCUT2D eigenvalue weighted by atomic mass is 15.2. The third kappa shape index (κ3) is 4.84. The molecule has 1 fully saturated rings. The lowest BCUT2D eigenvalue weighted by Gasteiger charge is -2.32. The number of nitrogens with zero attached hydrogens (tertiary/aromatic N) is 1. The summed E-state index contributed by atoms with van der Waals surface area (Å²) in [6.45, 7) is 8.97. The first-order valence-electron chi connectivity index (χ1n) is 7.14. The van der Waals surface area contributed by atoms with Crippen molar-refractivity contribution in [3.63, 3.8) is 0 Å². The zero-order valence-corrected chi connectivity index (χ0v) is 11.4. The predicted octanol–water partition coefficient (Wildman–Crippen LogP) is 3.01. The molecule has 1 aliphatic rings. The minimum Gasteiger partial charge on any atom is -0.329 e. The molecule has 1 aliphatic carbocycles. The van der Waals surface area contributed by atoms with Gasteiger partial charge in [-0.3, -0.25) is 4.90 Å². The van der Waals surface area contributed by atoms with E-state index >= 15 is 0 Å². The molecule has 2 N–H and O–H groups in total. The molecule has 96 valence electrons. The van der Waals surface area contributed by atoms with Crippen molar-refractivity contribution in [1.82, 2.24) is 4.90 Å². The van der Waals surface area contributed by atoms with Gasteiger partial charge in [0, 0.05) is 25.2 Å². The van der Waals surface area contributed by atoms with Crippen LogP contribution in [0.3, 0.4) is 0 Å². The Hall–Kier alpha value is -0.0800. The third-order valence-corrected chi connectivity index (χ3v) is 3.47. The molecule has 2 heteroatoms. The van der Waals surface area contributed by atoms with Gasteiger partial charge in [0.05, 0.1) is 0 Å². The van der Waals surface area contributed by atoms with E-state index < -0.39 is 0 Å². The molecule has 0 radical (unpaired) electrons. The van der Waals surface area contributed by atoms with Gasteiger partial charge in [-0.05, 0) is 25.2 Å². The Morgan fingerprint density at radius 2 is 1.94 bits per heavy atom. The van der Waals surface area contributed by atoms with E-state index in [0.29, 0.717) is 6.04 Å². The van der Waals surface area contributed by atoms with Crippen LogP contribution in [0.25, 0.3) is 0 Å². The van der Waals surface area contributed by atoms with E-state index in [4.69, 9.17) is 5.73 Å². The summed E-state index contributed by atoms with van der Waals surface area (Å²) >= 11 is 0. The summed E-state index contributed by atoms with van der Waals surface area (Å²) in [5.41, 5.74) is 5.96. The first-order valence-corrected chi connectivity index (χ1v) is 7.14. The van der Waals surface area contributed by atoms with Gasteiger partial charge in [0.1, 0.15) is 0 Å². The molecule has 1 unspecified atom stereocenters. The Bertz CT molecular complexity index is 176. The van der Waals surface area contributed by atoms with Crippen LogP contribution >= 0.6 is 0 Å². The van der Waals surface area contributed by atoms with Crippen molar-refractivity contribution < 1.29 is 0 Å². The molecule has 16 heavy (non-hydrogen) atoms. The average molecular weight is 226 g/mol. The summed E-state index contributed by atoms with van der Waals surface area (Å²) in [6, 6.07) is 1.50. The first-order chi connectivity index (χ1) is 7.69. The maximum atomic E-state index is 5.96. The Labute approximate surface area is 102 Å². The van der Waals surface area contributed by atoms with E-state index in [2.05, 4.69) is 25.7 Å². The second kappa shape index (κ2) is 7.29. The highest BCUT2D eigenvalue weighted by Crippen LogP contribution is 2.30. The highest BCUT2D eigenvalue weighted by molar-refractivity contribution is 4.89. The molecule has 0 bridgehead atoms. The fraction of sp³-hybridized carbons (Fsp3) is 1.00.